The summed E-state index contributed by atoms with van der Waals surface area (Å²) in [6.45, 7) is 8.59. The minimum absolute atomic E-state index is 0.553. The number of rotatable bonds is 6. The molecule has 3 rings (SSSR count). The van der Waals surface area contributed by atoms with E-state index in [1.807, 2.05) is 24.3 Å². The summed E-state index contributed by atoms with van der Waals surface area (Å²) in [6, 6.07) is 16.5. The minimum atomic E-state index is 0.553. The molecular formula is C22H29NO2. The Kier molecular flexibility index (Phi) is 5.98. The number of benzene rings is 2. The topological polar surface area (TPSA) is 21.7 Å². The predicted octanol–water partition coefficient (Wildman–Crippen LogP) is 4.75. The Hall–Kier alpha value is -2.00. The molecule has 0 aromatic heterocycles. The third kappa shape index (κ3) is 4.99. The quantitative estimate of drug-likeness (QED) is 0.758. The summed E-state index contributed by atoms with van der Waals surface area (Å²) in [5.41, 5.74) is 2.44. The van der Waals surface area contributed by atoms with Crippen molar-refractivity contribution < 1.29 is 9.47 Å². The SMILES string of the molecule is COc1cc(CN2C[C@H](C)C[C@@H](C)C2)ccc1OCc1ccccc1. The predicted molar refractivity (Wildman–Crippen MR) is 102 cm³/mol. The van der Waals surface area contributed by atoms with Crippen molar-refractivity contribution in [3.05, 3.63) is 59.7 Å². The number of nitrogens with zero attached hydrogens (tertiary/aromatic N) is 1. The van der Waals surface area contributed by atoms with E-state index < -0.39 is 0 Å². The van der Waals surface area contributed by atoms with Gasteiger partial charge in [-0.2, -0.15) is 0 Å². The summed E-state index contributed by atoms with van der Waals surface area (Å²) in [4.78, 5) is 2.55. The molecule has 3 nitrogen and oxygen atoms in total. The van der Waals surface area contributed by atoms with E-state index >= 15 is 0 Å². The fourth-order valence-electron chi connectivity index (χ4n) is 3.84. The van der Waals surface area contributed by atoms with E-state index in [-0.39, 0.29) is 0 Å². The number of piperidine rings is 1. The number of methoxy groups -OCH3 is 1. The fourth-order valence-corrected chi connectivity index (χ4v) is 3.84. The second kappa shape index (κ2) is 8.39. The van der Waals surface area contributed by atoms with Crippen molar-refractivity contribution in [2.24, 2.45) is 11.8 Å². The van der Waals surface area contributed by atoms with Gasteiger partial charge in [-0.25, -0.2) is 0 Å². The summed E-state index contributed by atoms with van der Waals surface area (Å²) in [7, 11) is 1.71. The van der Waals surface area contributed by atoms with Gasteiger partial charge in [0, 0.05) is 19.6 Å². The summed E-state index contributed by atoms with van der Waals surface area (Å²) >= 11 is 0. The smallest absolute Gasteiger partial charge is 0.161 e. The van der Waals surface area contributed by atoms with E-state index in [0.717, 1.165) is 35.4 Å². The second-order valence-corrected chi connectivity index (χ2v) is 7.40. The van der Waals surface area contributed by atoms with Crippen molar-refractivity contribution in [1.82, 2.24) is 4.90 Å². The van der Waals surface area contributed by atoms with Crippen LogP contribution in [0.25, 0.3) is 0 Å². The maximum atomic E-state index is 5.95. The third-order valence-corrected chi connectivity index (χ3v) is 4.82. The maximum absolute atomic E-state index is 5.95. The molecular weight excluding hydrogens is 310 g/mol. The molecule has 1 fully saturated rings. The molecule has 134 valence electrons. The van der Waals surface area contributed by atoms with Crippen LogP contribution in [0.5, 0.6) is 11.5 Å². The number of likely N-dealkylation sites (tertiary alicyclic amines) is 1. The lowest BCUT2D eigenvalue weighted by molar-refractivity contribution is 0.134. The molecule has 3 heteroatoms. The first-order valence-electron chi connectivity index (χ1n) is 9.20. The first-order valence-corrected chi connectivity index (χ1v) is 9.20. The van der Waals surface area contributed by atoms with Gasteiger partial charge in [0.2, 0.25) is 0 Å². The van der Waals surface area contributed by atoms with Crippen LogP contribution in [0.3, 0.4) is 0 Å². The first kappa shape index (κ1) is 17.8. The van der Waals surface area contributed by atoms with Gasteiger partial charge in [0.1, 0.15) is 6.61 Å². The van der Waals surface area contributed by atoms with Gasteiger partial charge in [0.15, 0.2) is 11.5 Å². The van der Waals surface area contributed by atoms with E-state index in [2.05, 4.69) is 43.0 Å². The van der Waals surface area contributed by atoms with Gasteiger partial charge < -0.3 is 9.47 Å². The summed E-state index contributed by atoms with van der Waals surface area (Å²) in [5.74, 6) is 3.17. The molecule has 0 saturated carbocycles. The normalized spacial score (nSPS) is 21.1. The zero-order valence-electron chi connectivity index (χ0n) is 15.6. The molecule has 0 aliphatic carbocycles. The van der Waals surface area contributed by atoms with Crippen LogP contribution < -0.4 is 9.47 Å². The molecule has 0 amide bonds. The lowest BCUT2D eigenvalue weighted by Crippen LogP contribution is -2.38. The van der Waals surface area contributed by atoms with Crippen LogP contribution in [0.4, 0.5) is 0 Å². The van der Waals surface area contributed by atoms with Crippen molar-refractivity contribution in [1.29, 1.82) is 0 Å². The van der Waals surface area contributed by atoms with Gasteiger partial charge in [-0.3, -0.25) is 4.90 Å². The van der Waals surface area contributed by atoms with Crippen LogP contribution in [0, 0.1) is 11.8 Å². The second-order valence-electron chi connectivity index (χ2n) is 7.40. The van der Waals surface area contributed by atoms with Gasteiger partial charge in [-0.1, -0.05) is 50.2 Å². The van der Waals surface area contributed by atoms with Crippen LogP contribution in [0.15, 0.2) is 48.5 Å². The van der Waals surface area contributed by atoms with E-state index in [0.29, 0.717) is 6.61 Å². The summed E-state index contributed by atoms with van der Waals surface area (Å²) in [5, 5.41) is 0. The molecule has 1 saturated heterocycles. The largest absolute Gasteiger partial charge is 0.493 e. The Morgan fingerprint density at radius 2 is 1.64 bits per heavy atom. The van der Waals surface area contributed by atoms with Gasteiger partial charge in [0.25, 0.3) is 0 Å². The molecule has 0 bridgehead atoms. The van der Waals surface area contributed by atoms with Crippen LogP contribution >= 0.6 is 0 Å². The van der Waals surface area contributed by atoms with Crippen molar-refractivity contribution >= 4 is 0 Å². The summed E-state index contributed by atoms with van der Waals surface area (Å²) < 4.78 is 11.5. The minimum Gasteiger partial charge on any atom is -0.493 e. The molecule has 0 radical (unpaired) electrons. The highest BCUT2D eigenvalue weighted by Crippen LogP contribution is 2.30. The Morgan fingerprint density at radius 3 is 2.32 bits per heavy atom. The monoisotopic (exact) mass is 339 g/mol. The standard InChI is InChI=1S/C22H29NO2/c1-17-11-18(2)14-23(13-17)15-20-9-10-21(22(12-20)24-3)25-16-19-7-5-4-6-8-19/h4-10,12,17-18H,11,13-16H2,1-3H3/t17-,18-/m1/s1. The van der Waals surface area contributed by atoms with Gasteiger partial charge in [0.05, 0.1) is 7.11 Å². The molecule has 0 N–H and O–H groups in total. The Morgan fingerprint density at radius 1 is 0.920 bits per heavy atom. The van der Waals surface area contributed by atoms with Crippen LogP contribution in [0.1, 0.15) is 31.4 Å². The van der Waals surface area contributed by atoms with E-state index in [4.69, 9.17) is 9.47 Å². The summed E-state index contributed by atoms with van der Waals surface area (Å²) in [6.07, 6.45) is 1.34. The van der Waals surface area contributed by atoms with Crippen molar-refractivity contribution in [3.63, 3.8) is 0 Å². The van der Waals surface area contributed by atoms with Crippen molar-refractivity contribution in [3.8, 4) is 11.5 Å². The number of hydrogen-bond acceptors (Lipinski definition) is 3. The Balaban J connectivity index is 1.64. The highest BCUT2D eigenvalue weighted by Gasteiger charge is 2.22. The average Bonchev–Trinajstić information content (AvgIpc) is 2.60. The van der Waals surface area contributed by atoms with Crippen molar-refractivity contribution in [2.45, 2.75) is 33.4 Å². The molecule has 2 aromatic carbocycles. The Bertz CT molecular complexity index is 661. The average molecular weight is 339 g/mol. The van der Waals surface area contributed by atoms with Crippen LogP contribution in [-0.2, 0) is 13.2 Å². The molecule has 1 aliphatic rings. The van der Waals surface area contributed by atoms with Gasteiger partial charge >= 0.3 is 0 Å². The molecule has 2 aromatic rings. The molecule has 0 unspecified atom stereocenters. The molecule has 0 spiro atoms. The van der Waals surface area contributed by atoms with E-state index in [1.54, 1.807) is 7.11 Å². The fraction of sp³-hybridized carbons (Fsp3) is 0.455. The molecule has 1 heterocycles. The number of ether oxygens (including phenoxy) is 2. The van der Waals surface area contributed by atoms with Crippen LogP contribution in [-0.4, -0.2) is 25.1 Å². The first-order chi connectivity index (χ1) is 12.1. The maximum Gasteiger partial charge on any atom is 0.161 e. The van der Waals surface area contributed by atoms with Crippen molar-refractivity contribution in [2.75, 3.05) is 20.2 Å². The lowest BCUT2D eigenvalue weighted by Gasteiger charge is -2.35. The number of hydrogen-bond donors (Lipinski definition) is 0. The van der Waals surface area contributed by atoms with Gasteiger partial charge in [-0.15, -0.1) is 0 Å². The zero-order chi connectivity index (χ0) is 17.6. The third-order valence-electron chi connectivity index (χ3n) is 4.82. The zero-order valence-corrected chi connectivity index (χ0v) is 15.6. The van der Waals surface area contributed by atoms with E-state index in [1.165, 1.54) is 25.1 Å². The highest BCUT2D eigenvalue weighted by molar-refractivity contribution is 5.43. The lowest BCUT2D eigenvalue weighted by atomic mass is 9.91. The molecule has 25 heavy (non-hydrogen) atoms. The van der Waals surface area contributed by atoms with Crippen LogP contribution in [0.2, 0.25) is 0 Å². The van der Waals surface area contributed by atoms with Gasteiger partial charge in [-0.05, 0) is 41.5 Å². The molecule has 1 aliphatic heterocycles. The highest BCUT2D eigenvalue weighted by atomic mass is 16.5. The Labute approximate surface area is 151 Å². The molecule has 2 atom stereocenters. The van der Waals surface area contributed by atoms with E-state index in [9.17, 15) is 0 Å².